The third-order valence-electron chi connectivity index (χ3n) is 7.10. The molecule has 2 aliphatic rings. The molecule has 0 saturated heterocycles. The minimum Gasteiger partial charge on any atom is -0.474 e. The summed E-state index contributed by atoms with van der Waals surface area (Å²) in [5, 5.41) is 3.34. The number of rotatable bonds is 5. The van der Waals surface area contributed by atoms with Gasteiger partial charge in [0, 0.05) is 42.9 Å². The van der Waals surface area contributed by atoms with Crippen LogP contribution in [-0.4, -0.2) is 55.9 Å². The fourth-order valence-corrected chi connectivity index (χ4v) is 5.13. The molecule has 0 bridgehead atoms. The smallest absolute Gasteiger partial charge is 0.415 e. The standard InChI is InChI=1S/C30H34N8O3/c1-20-25(16-32-27-26(20)38(13-14-40-27)29(39)41-30(2,3)4)37-11-9-22-15-33-28(35-24(22)18-37)34-23-7-5-21(6-8-23)17-36-12-10-31-19-36/h5-8,10,12,15-16,19H,9,11,13-14,17-18H2,1-4H3,(H,33,34,35). The Labute approximate surface area is 239 Å². The molecule has 1 N–H and O–H groups in total. The van der Waals surface area contributed by atoms with E-state index in [1.807, 2.05) is 69.3 Å². The van der Waals surface area contributed by atoms with Gasteiger partial charge in [0.2, 0.25) is 11.8 Å². The quantitative estimate of drug-likeness (QED) is 0.370. The van der Waals surface area contributed by atoms with Gasteiger partial charge in [0.1, 0.15) is 17.9 Å². The maximum atomic E-state index is 13.0. The molecule has 41 heavy (non-hydrogen) atoms. The number of fused-ring (bicyclic) bond motifs is 2. The third kappa shape index (κ3) is 5.79. The van der Waals surface area contributed by atoms with E-state index in [1.54, 1.807) is 11.1 Å². The van der Waals surface area contributed by atoms with Gasteiger partial charge in [-0.15, -0.1) is 0 Å². The van der Waals surface area contributed by atoms with Crippen LogP contribution in [0.3, 0.4) is 0 Å². The maximum absolute atomic E-state index is 13.0. The van der Waals surface area contributed by atoms with Gasteiger partial charge in [-0.25, -0.2) is 24.7 Å². The molecule has 1 aromatic carbocycles. The molecule has 1 amide bonds. The van der Waals surface area contributed by atoms with Gasteiger partial charge in [-0.2, -0.15) is 0 Å². The Morgan fingerprint density at radius 1 is 1.12 bits per heavy atom. The number of hydrogen-bond donors (Lipinski definition) is 1. The molecule has 0 saturated carbocycles. The number of benzene rings is 1. The second kappa shape index (κ2) is 10.7. The predicted octanol–water partition coefficient (Wildman–Crippen LogP) is 4.87. The van der Waals surface area contributed by atoms with E-state index >= 15 is 0 Å². The van der Waals surface area contributed by atoms with E-state index in [2.05, 4.69) is 37.3 Å². The number of hydrogen-bond acceptors (Lipinski definition) is 9. The van der Waals surface area contributed by atoms with Gasteiger partial charge in [-0.1, -0.05) is 12.1 Å². The van der Waals surface area contributed by atoms with Gasteiger partial charge in [-0.3, -0.25) is 4.90 Å². The second-order valence-electron chi connectivity index (χ2n) is 11.3. The Bertz CT molecular complexity index is 1550. The van der Waals surface area contributed by atoms with E-state index in [-0.39, 0.29) is 0 Å². The van der Waals surface area contributed by atoms with Crippen LogP contribution in [0.1, 0.15) is 43.2 Å². The number of aromatic nitrogens is 5. The van der Waals surface area contributed by atoms with E-state index in [4.69, 9.17) is 14.5 Å². The number of nitrogens with zero attached hydrogens (tertiary/aromatic N) is 7. The molecular formula is C30H34N8O3. The number of carbonyl (C=O) groups excluding carboxylic acids is 1. The molecule has 0 fully saturated rings. The summed E-state index contributed by atoms with van der Waals surface area (Å²) in [4.78, 5) is 35.0. The molecule has 2 aliphatic heterocycles. The van der Waals surface area contributed by atoms with Crippen molar-refractivity contribution in [1.82, 2.24) is 24.5 Å². The van der Waals surface area contributed by atoms with Crippen molar-refractivity contribution in [2.75, 3.05) is 34.8 Å². The van der Waals surface area contributed by atoms with E-state index in [0.717, 1.165) is 47.7 Å². The van der Waals surface area contributed by atoms with Crippen molar-refractivity contribution >= 4 is 29.1 Å². The lowest BCUT2D eigenvalue weighted by molar-refractivity contribution is 0.0566. The highest BCUT2D eigenvalue weighted by molar-refractivity contribution is 5.92. The topological polar surface area (TPSA) is 111 Å². The minimum absolute atomic E-state index is 0.370. The summed E-state index contributed by atoms with van der Waals surface area (Å²) < 4.78 is 13.5. The number of carbonyl (C=O) groups is 1. The molecule has 5 heterocycles. The molecule has 11 nitrogen and oxygen atoms in total. The number of amides is 1. The van der Waals surface area contributed by atoms with Crippen LogP contribution >= 0.6 is 0 Å². The first-order valence-corrected chi connectivity index (χ1v) is 13.8. The van der Waals surface area contributed by atoms with Gasteiger partial charge in [0.15, 0.2) is 0 Å². The first-order valence-electron chi connectivity index (χ1n) is 13.8. The highest BCUT2D eigenvalue weighted by atomic mass is 16.6. The summed E-state index contributed by atoms with van der Waals surface area (Å²) in [5.41, 5.74) is 6.12. The summed E-state index contributed by atoms with van der Waals surface area (Å²) in [6, 6.07) is 8.22. The Morgan fingerprint density at radius 3 is 2.71 bits per heavy atom. The van der Waals surface area contributed by atoms with Crippen LogP contribution in [0, 0.1) is 6.92 Å². The lowest BCUT2D eigenvalue weighted by Crippen LogP contribution is -2.42. The monoisotopic (exact) mass is 554 g/mol. The zero-order chi connectivity index (χ0) is 28.6. The number of nitrogens with one attached hydrogen (secondary N) is 1. The normalized spacial score (nSPS) is 14.6. The summed E-state index contributed by atoms with van der Waals surface area (Å²) in [7, 11) is 0. The van der Waals surface area contributed by atoms with Gasteiger partial charge in [0.05, 0.1) is 37.0 Å². The van der Waals surface area contributed by atoms with Crippen LogP contribution in [0.2, 0.25) is 0 Å². The summed E-state index contributed by atoms with van der Waals surface area (Å²) in [6.07, 6.45) is 9.68. The summed E-state index contributed by atoms with van der Waals surface area (Å²) >= 11 is 0. The van der Waals surface area contributed by atoms with Crippen LogP contribution in [0.25, 0.3) is 0 Å². The molecule has 0 spiro atoms. The minimum atomic E-state index is -0.598. The Kier molecular flexibility index (Phi) is 6.94. The molecular weight excluding hydrogens is 520 g/mol. The van der Waals surface area contributed by atoms with Crippen LogP contribution in [-0.2, 0) is 24.2 Å². The molecule has 0 atom stereocenters. The first kappa shape index (κ1) is 26.5. The van der Waals surface area contributed by atoms with Crippen molar-refractivity contribution in [2.24, 2.45) is 0 Å². The van der Waals surface area contributed by atoms with Crippen molar-refractivity contribution in [1.29, 1.82) is 0 Å². The molecule has 212 valence electrons. The predicted molar refractivity (Wildman–Crippen MR) is 156 cm³/mol. The summed E-state index contributed by atoms with van der Waals surface area (Å²) in [5.74, 6) is 1.00. The SMILES string of the molecule is Cc1c(N2CCc3cnc(Nc4ccc(Cn5ccnc5)cc4)nc3C2)cnc2c1N(C(=O)OC(C)(C)C)CCO2. The van der Waals surface area contributed by atoms with E-state index < -0.39 is 11.7 Å². The molecule has 6 rings (SSSR count). The zero-order valence-electron chi connectivity index (χ0n) is 23.8. The average molecular weight is 555 g/mol. The Hall–Kier alpha value is -4.67. The first-order chi connectivity index (χ1) is 19.7. The van der Waals surface area contributed by atoms with E-state index in [1.165, 1.54) is 5.56 Å². The van der Waals surface area contributed by atoms with E-state index in [0.29, 0.717) is 37.2 Å². The lowest BCUT2D eigenvalue weighted by Gasteiger charge is -2.35. The van der Waals surface area contributed by atoms with Gasteiger partial charge in [-0.05, 0) is 57.4 Å². The van der Waals surface area contributed by atoms with Crippen molar-refractivity contribution < 1.29 is 14.3 Å². The van der Waals surface area contributed by atoms with Gasteiger partial charge >= 0.3 is 6.09 Å². The van der Waals surface area contributed by atoms with Crippen LogP contribution in [0.5, 0.6) is 5.88 Å². The van der Waals surface area contributed by atoms with Gasteiger partial charge in [0.25, 0.3) is 0 Å². The second-order valence-corrected chi connectivity index (χ2v) is 11.3. The molecule has 4 aromatic rings. The molecule has 3 aromatic heterocycles. The van der Waals surface area contributed by atoms with Crippen molar-refractivity contribution in [2.45, 2.75) is 52.8 Å². The van der Waals surface area contributed by atoms with Crippen LogP contribution in [0.15, 0.2) is 55.4 Å². The highest BCUT2D eigenvalue weighted by Crippen LogP contribution is 2.39. The number of ether oxygens (including phenoxy) is 2. The molecule has 11 heteroatoms. The van der Waals surface area contributed by atoms with Gasteiger partial charge < -0.3 is 24.3 Å². The van der Waals surface area contributed by atoms with Crippen molar-refractivity contribution in [3.63, 3.8) is 0 Å². The highest BCUT2D eigenvalue weighted by Gasteiger charge is 2.32. The largest absolute Gasteiger partial charge is 0.474 e. The zero-order valence-corrected chi connectivity index (χ0v) is 23.8. The third-order valence-corrected chi connectivity index (χ3v) is 7.10. The molecule has 0 unspecified atom stereocenters. The van der Waals surface area contributed by atoms with Crippen molar-refractivity contribution in [3.8, 4) is 5.88 Å². The number of anilines is 4. The maximum Gasteiger partial charge on any atom is 0.415 e. The fourth-order valence-electron chi connectivity index (χ4n) is 5.13. The Balaban J connectivity index is 1.19. The van der Waals surface area contributed by atoms with Crippen molar-refractivity contribution in [3.05, 3.63) is 77.8 Å². The number of imidazole rings is 1. The van der Waals surface area contributed by atoms with Crippen LogP contribution in [0.4, 0.5) is 27.8 Å². The molecule has 0 radical (unpaired) electrons. The molecule has 0 aliphatic carbocycles. The average Bonchev–Trinajstić information content (AvgIpc) is 3.46. The van der Waals surface area contributed by atoms with Crippen LogP contribution < -0.4 is 19.9 Å². The fraction of sp³-hybridized carbons (Fsp3) is 0.367. The lowest BCUT2D eigenvalue weighted by atomic mass is 10.0. The van der Waals surface area contributed by atoms with E-state index in [9.17, 15) is 4.79 Å². The summed E-state index contributed by atoms with van der Waals surface area (Å²) in [6.45, 7) is 10.5. The number of pyridine rings is 1. The Morgan fingerprint density at radius 2 is 1.95 bits per heavy atom.